The summed E-state index contributed by atoms with van der Waals surface area (Å²) in [5.74, 6) is -1.83. The number of halogens is 2. The third kappa shape index (κ3) is 5.70. The minimum absolute atomic E-state index is 0.0126. The summed E-state index contributed by atoms with van der Waals surface area (Å²) in [5, 5.41) is 5.38. The van der Waals surface area contributed by atoms with E-state index in [2.05, 4.69) is 10.6 Å². The zero-order chi connectivity index (χ0) is 20.0. The molecule has 2 aromatic carbocycles. The van der Waals surface area contributed by atoms with Crippen molar-refractivity contribution in [1.82, 2.24) is 5.32 Å². The number of carbonyl (C=O) groups is 3. The largest absolute Gasteiger partial charge is 0.452 e. The quantitative estimate of drug-likeness (QED) is 0.716. The van der Waals surface area contributed by atoms with Gasteiger partial charge in [-0.3, -0.25) is 9.59 Å². The van der Waals surface area contributed by atoms with E-state index >= 15 is 0 Å². The smallest absolute Gasteiger partial charge is 0.341 e. The maximum atomic E-state index is 12.0. The van der Waals surface area contributed by atoms with Crippen molar-refractivity contribution in [3.63, 3.8) is 0 Å². The van der Waals surface area contributed by atoms with Gasteiger partial charge in [-0.2, -0.15) is 0 Å². The lowest BCUT2D eigenvalue weighted by Crippen LogP contribution is -2.35. The van der Waals surface area contributed by atoms with Crippen molar-refractivity contribution in [2.45, 2.75) is 13.8 Å². The number of nitrogens with one attached hydrogen (secondary N) is 2. The predicted octanol–water partition coefficient (Wildman–Crippen LogP) is 3.52. The normalized spacial score (nSPS) is 10.2. The van der Waals surface area contributed by atoms with Crippen LogP contribution in [-0.2, 0) is 14.3 Å². The molecule has 0 aliphatic rings. The monoisotopic (exact) mass is 408 g/mol. The molecule has 0 bridgehead atoms. The Morgan fingerprint density at radius 2 is 1.48 bits per heavy atom. The first-order valence-corrected chi connectivity index (χ1v) is 8.79. The fourth-order valence-corrected chi connectivity index (χ4v) is 2.87. The summed E-state index contributed by atoms with van der Waals surface area (Å²) in [5.41, 5.74) is 2.53. The van der Waals surface area contributed by atoms with E-state index in [1.807, 2.05) is 32.0 Å². The molecular weight excluding hydrogens is 391 g/mol. The van der Waals surface area contributed by atoms with Crippen LogP contribution in [0, 0.1) is 13.8 Å². The van der Waals surface area contributed by atoms with Crippen LogP contribution < -0.4 is 10.6 Å². The molecule has 6 nitrogen and oxygen atoms in total. The van der Waals surface area contributed by atoms with Gasteiger partial charge >= 0.3 is 5.97 Å². The van der Waals surface area contributed by atoms with Crippen molar-refractivity contribution in [1.29, 1.82) is 0 Å². The Bertz CT molecular complexity index is 844. The molecule has 0 unspecified atom stereocenters. The highest BCUT2D eigenvalue weighted by molar-refractivity contribution is 6.39. The molecule has 0 saturated carbocycles. The molecule has 2 rings (SSSR count). The van der Waals surface area contributed by atoms with E-state index < -0.39 is 18.5 Å². The third-order valence-electron chi connectivity index (χ3n) is 3.69. The van der Waals surface area contributed by atoms with Crippen LogP contribution in [0.3, 0.4) is 0 Å². The van der Waals surface area contributed by atoms with Crippen molar-refractivity contribution < 1.29 is 19.1 Å². The number of aryl methyl sites for hydroxylation is 2. The van der Waals surface area contributed by atoms with E-state index in [0.29, 0.717) is 5.69 Å². The zero-order valence-electron chi connectivity index (χ0n) is 14.8. The number of amides is 2. The highest BCUT2D eigenvalue weighted by Crippen LogP contribution is 2.24. The van der Waals surface area contributed by atoms with E-state index in [1.54, 1.807) is 6.07 Å². The van der Waals surface area contributed by atoms with E-state index in [0.717, 1.165) is 11.1 Å². The number of benzene rings is 2. The third-order valence-corrected chi connectivity index (χ3v) is 4.32. The molecule has 0 saturated heterocycles. The summed E-state index contributed by atoms with van der Waals surface area (Å²) in [6.07, 6.45) is 0. The Morgan fingerprint density at radius 3 is 2.07 bits per heavy atom. The van der Waals surface area contributed by atoms with Gasteiger partial charge in [-0.1, -0.05) is 47.5 Å². The first-order valence-electron chi connectivity index (χ1n) is 8.03. The van der Waals surface area contributed by atoms with Gasteiger partial charge in [0.05, 0.1) is 22.2 Å². The maximum Gasteiger partial charge on any atom is 0.341 e. The molecular formula is C19H18Cl2N2O4. The summed E-state index contributed by atoms with van der Waals surface area (Å²) in [6.45, 7) is 2.94. The fourth-order valence-electron chi connectivity index (χ4n) is 2.32. The molecule has 0 aliphatic carbocycles. The van der Waals surface area contributed by atoms with Crippen molar-refractivity contribution >= 4 is 46.7 Å². The van der Waals surface area contributed by atoms with E-state index in [-0.39, 0.29) is 28.1 Å². The lowest BCUT2D eigenvalue weighted by molar-refractivity contribution is -0.126. The minimum atomic E-state index is -0.819. The van der Waals surface area contributed by atoms with Crippen molar-refractivity contribution in [3.05, 3.63) is 63.1 Å². The molecule has 0 aliphatic heterocycles. The van der Waals surface area contributed by atoms with Gasteiger partial charge in [0.25, 0.3) is 5.91 Å². The number of hydrogen-bond donors (Lipinski definition) is 2. The molecule has 8 heteroatoms. The molecule has 0 radical (unpaired) electrons. The number of anilines is 1. The minimum Gasteiger partial charge on any atom is -0.452 e. The van der Waals surface area contributed by atoms with Crippen LogP contribution >= 0.6 is 23.2 Å². The molecule has 0 aromatic heterocycles. The summed E-state index contributed by atoms with van der Waals surface area (Å²) in [6, 6.07) is 10.2. The Kier molecular flexibility index (Phi) is 7.21. The molecule has 2 N–H and O–H groups in total. The van der Waals surface area contributed by atoms with Gasteiger partial charge in [0.15, 0.2) is 6.61 Å². The van der Waals surface area contributed by atoms with Crippen LogP contribution in [0.5, 0.6) is 0 Å². The van der Waals surface area contributed by atoms with Gasteiger partial charge < -0.3 is 15.4 Å². The highest BCUT2D eigenvalue weighted by Gasteiger charge is 2.17. The van der Waals surface area contributed by atoms with Crippen LogP contribution in [0.2, 0.25) is 10.0 Å². The second-order valence-corrected chi connectivity index (χ2v) is 6.58. The molecule has 0 fully saturated rings. The Balaban J connectivity index is 1.82. The first kappa shape index (κ1) is 20.7. The van der Waals surface area contributed by atoms with Crippen LogP contribution in [0.4, 0.5) is 5.69 Å². The molecule has 27 heavy (non-hydrogen) atoms. The molecule has 0 spiro atoms. The lowest BCUT2D eigenvalue weighted by atomic mass is 10.1. The van der Waals surface area contributed by atoms with E-state index in [4.69, 9.17) is 27.9 Å². The number of esters is 1. The average Bonchev–Trinajstić information content (AvgIpc) is 2.61. The number of para-hydroxylation sites is 1. The number of rotatable bonds is 6. The van der Waals surface area contributed by atoms with Crippen molar-refractivity contribution in [2.24, 2.45) is 0 Å². The summed E-state index contributed by atoms with van der Waals surface area (Å²) < 4.78 is 4.89. The van der Waals surface area contributed by atoms with Gasteiger partial charge in [-0.25, -0.2) is 4.79 Å². The van der Waals surface area contributed by atoms with Crippen LogP contribution in [-0.4, -0.2) is 30.9 Å². The Morgan fingerprint density at radius 1 is 0.926 bits per heavy atom. The number of carbonyl (C=O) groups excluding carboxylic acids is 3. The van der Waals surface area contributed by atoms with Crippen molar-refractivity contribution in [2.75, 3.05) is 18.5 Å². The van der Waals surface area contributed by atoms with Gasteiger partial charge in [0.1, 0.15) is 0 Å². The van der Waals surface area contributed by atoms with Gasteiger partial charge in [-0.05, 0) is 37.1 Å². The second-order valence-electron chi connectivity index (χ2n) is 5.76. The molecule has 142 valence electrons. The van der Waals surface area contributed by atoms with Crippen LogP contribution in [0.1, 0.15) is 21.5 Å². The SMILES string of the molecule is Cc1cccc(C)c1NC(=O)CNC(=O)COC(=O)c1c(Cl)cccc1Cl. The van der Waals surface area contributed by atoms with Gasteiger partial charge in [0.2, 0.25) is 5.91 Å². The number of ether oxygens (including phenoxy) is 1. The molecule has 0 atom stereocenters. The second kappa shape index (κ2) is 9.39. The summed E-state index contributed by atoms with van der Waals surface area (Å²) in [4.78, 5) is 35.8. The van der Waals surface area contributed by atoms with Crippen LogP contribution in [0.25, 0.3) is 0 Å². The van der Waals surface area contributed by atoms with E-state index in [9.17, 15) is 14.4 Å². The predicted molar refractivity (Wildman–Crippen MR) is 104 cm³/mol. The maximum absolute atomic E-state index is 12.0. The Labute approximate surface area is 166 Å². The summed E-state index contributed by atoms with van der Waals surface area (Å²) >= 11 is 11.8. The topological polar surface area (TPSA) is 84.5 Å². The summed E-state index contributed by atoms with van der Waals surface area (Å²) in [7, 11) is 0. The average molecular weight is 409 g/mol. The van der Waals surface area contributed by atoms with Gasteiger partial charge in [-0.15, -0.1) is 0 Å². The standard InChI is InChI=1S/C19H18Cl2N2O4/c1-11-5-3-6-12(2)18(11)23-15(24)9-22-16(25)10-27-19(26)17-13(20)7-4-8-14(17)21/h3-8H,9-10H2,1-2H3,(H,22,25)(H,23,24). The first-order chi connectivity index (χ1) is 12.8. The van der Waals surface area contributed by atoms with Crippen molar-refractivity contribution in [3.8, 4) is 0 Å². The van der Waals surface area contributed by atoms with Gasteiger partial charge in [0, 0.05) is 5.69 Å². The van der Waals surface area contributed by atoms with Crippen LogP contribution in [0.15, 0.2) is 36.4 Å². The lowest BCUT2D eigenvalue weighted by Gasteiger charge is -2.12. The molecule has 2 aromatic rings. The zero-order valence-corrected chi connectivity index (χ0v) is 16.3. The fraction of sp³-hybridized carbons (Fsp3) is 0.211. The highest BCUT2D eigenvalue weighted by atomic mass is 35.5. The Hall–Kier alpha value is -2.57. The van der Waals surface area contributed by atoms with E-state index in [1.165, 1.54) is 12.1 Å². The number of hydrogen-bond acceptors (Lipinski definition) is 4. The molecule has 0 heterocycles. The molecule has 2 amide bonds.